The van der Waals surface area contributed by atoms with Crippen LogP contribution in [0.1, 0.15) is 22.3 Å². The number of nitrogens with zero attached hydrogens (tertiary/aromatic N) is 1. The summed E-state index contributed by atoms with van der Waals surface area (Å²) in [7, 11) is -3.58. The first-order chi connectivity index (χ1) is 9.81. The molecule has 0 saturated carbocycles. The molecule has 0 saturated heterocycles. The van der Waals surface area contributed by atoms with E-state index in [1.54, 1.807) is 44.4 Å². The van der Waals surface area contributed by atoms with Gasteiger partial charge in [0.25, 0.3) is 0 Å². The number of nitrogens with one attached hydrogen (secondary N) is 1. The molecule has 1 aromatic carbocycles. The Bertz CT molecular complexity index is 747. The Balaban J connectivity index is 2.30. The van der Waals surface area contributed by atoms with Crippen molar-refractivity contribution in [2.75, 3.05) is 5.73 Å². The second-order valence-electron chi connectivity index (χ2n) is 5.11. The van der Waals surface area contributed by atoms with E-state index in [1.807, 2.05) is 6.92 Å². The van der Waals surface area contributed by atoms with Gasteiger partial charge in [0, 0.05) is 24.6 Å². The maximum atomic E-state index is 12.5. The van der Waals surface area contributed by atoms with Crippen LogP contribution in [-0.2, 0) is 16.6 Å². The van der Waals surface area contributed by atoms with Crippen LogP contribution in [0.4, 0.5) is 5.69 Å². The maximum Gasteiger partial charge on any atom is 0.241 e. The molecule has 2 aromatic rings. The fourth-order valence-electron chi connectivity index (χ4n) is 2.35. The number of sulfonamides is 1. The Hall–Kier alpha value is -1.92. The third-order valence-corrected chi connectivity index (χ3v) is 5.05. The van der Waals surface area contributed by atoms with Gasteiger partial charge < -0.3 is 5.73 Å². The fourth-order valence-corrected chi connectivity index (χ4v) is 3.81. The summed E-state index contributed by atoms with van der Waals surface area (Å²) in [6, 6.07) is 5.14. The SMILES string of the molecule is Cc1cnccc1CNS(=O)(=O)c1c(C)cc(N)cc1C. The standard InChI is InChI=1S/C15H19N3O2S/c1-10-6-14(16)7-11(2)15(10)21(19,20)18-9-13-4-5-17-8-12(13)3/h4-8,18H,9,16H2,1-3H3. The number of aryl methyl sites for hydroxylation is 3. The van der Waals surface area contributed by atoms with Gasteiger partial charge >= 0.3 is 0 Å². The molecule has 0 aliphatic rings. The highest BCUT2D eigenvalue weighted by Crippen LogP contribution is 2.23. The zero-order valence-corrected chi connectivity index (χ0v) is 13.2. The molecule has 2 rings (SSSR count). The number of aromatic nitrogens is 1. The number of hydrogen-bond acceptors (Lipinski definition) is 4. The molecule has 0 aliphatic carbocycles. The minimum atomic E-state index is -3.58. The van der Waals surface area contributed by atoms with Crippen molar-refractivity contribution in [1.82, 2.24) is 9.71 Å². The molecule has 0 atom stereocenters. The van der Waals surface area contributed by atoms with Crippen molar-refractivity contribution in [2.45, 2.75) is 32.2 Å². The van der Waals surface area contributed by atoms with Gasteiger partial charge in [-0.3, -0.25) is 4.98 Å². The number of nitrogen functional groups attached to an aromatic ring is 1. The van der Waals surface area contributed by atoms with Crippen LogP contribution in [0.3, 0.4) is 0 Å². The van der Waals surface area contributed by atoms with E-state index in [4.69, 9.17) is 5.73 Å². The van der Waals surface area contributed by atoms with Crippen LogP contribution in [0.15, 0.2) is 35.5 Å². The lowest BCUT2D eigenvalue weighted by Gasteiger charge is -2.13. The van der Waals surface area contributed by atoms with Crippen LogP contribution in [0.25, 0.3) is 0 Å². The number of hydrogen-bond donors (Lipinski definition) is 2. The Labute approximate surface area is 125 Å². The predicted molar refractivity (Wildman–Crippen MR) is 83.3 cm³/mol. The number of benzene rings is 1. The Morgan fingerprint density at radius 3 is 2.33 bits per heavy atom. The highest BCUT2D eigenvalue weighted by Gasteiger charge is 2.19. The normalized spacial score (nSPS) is 11.6. The highest BCUT2D eigenvalue weighted by molar-refractivity contribution is 7.89. The molecule has 0 fully saturated rings. The number of nitrogens with two attached hydrogens (primary N) is 1. The van der Waals surface area contributed by atoms with Crippen LogP contribution >= 0.6 is 0 Å². The second-order valence-corrected chi connectivity index (χ2v) is 6.81. The van der Waals surface area contributed by atoms with Crippen LogP contribution in [0, 0.1) is 20.8 Å². The molecule has 0 radical (unpaired) electrons. The molecule has 3 N–H and O–H groups in total. The summed E-state index contributed by atoms with van der Waals surface area (Å²) in [5, 5.41) is 0. The van der Waals surface area contributed by atoms with Gasteiger partial charge in [-0.1, -0.05) is 0 Å². The summed E-state index contributed by atoms with van der Waals surface area (Å²) >= 11 is 0. The molecule has 0 spiro atoms. The molecular formula is C15H19N3O2S. The third-order valence-electron chi connectivity index (χ3n) is 3.34. The lowest BCUT2D eigenvalue weighted by molar-refractivity contribution is 0.580. The van der Waals surface area contributed by atoms with Crippen molar-refractivity contribution < 1.29 is 8.42 Å². The molecule has 1 aromatic heterocycles. The number of pyridine rings is 1. The molecule has 0 unspecified atom stereocenters. The largest absolute Gasteiger partial charge is 0.399 e. The van der Waals surface area contributed by atoms with Crippen molar-refractivity contribution in [3.63, 3.8) is 0 Å². The summed E-state index contributed by atoms with van der Waals surface area (Å²) in [4.78, 5) is 4.29. The van der Waals surface area contributed by atoms with Crippen molar-refractivity contribution in [3.8, 4) is 0 Å². The van der Waals surface area contributed by atoms with Gasteiger partial charge in [0.15, 0.2) is 0 Å². The van der Waals surface area contributed by atoms with Crippen molar-refractivity contribution in [3.05, 3.63) is 52.8 Å². The van der Waals surface area contributed by atoms with Crippen molar-refractivity contribution in [1.29, 1.82) is 0 Å². The van der Waals surface area contributed by atoms with Gasteiger partial charge in [0.2, 0.25) is 10.0 Å². The van der Waals surface area contributed by atoms with Gasteiger partial charge in [-0.05, 0) is 61.2 Å². The fraction of sp³-hybridized carbons (Fsp3) is 0.267. The Kier molecular flexibility index (Phi) is 4.29. The molecule has 21 heavy (non-hydrogen) atoms. The lowest BCUT2D eigenvalue weighted by atomic mass is 10.1. The molecule has 112 valence electrons. The van der Waals surface area contributed by atoms with E-state index >= 15 is 0 Å². The lowest BCUT2D eigenvalue weighted by Crippen LogP contribution is -2.25. The average Bonchev–Trinajstić information content (AvgIpc) is 2.36. The van der Waals surface area contributed by atoms with E-state index in [0.717, 1.165) is 11.1 Å². The molecule has 0 aliphatic heterocycles. The summed E-state index contributed by atoms with van der Waals surface area (Å²) in [6.07, 6.45) is 3.36. The molecule has 5 nitrogen and oxygen atoms in total. The summed E-state index contributed by atoms with van der Waals surface area (Å²) < 4.78 is 27.6. The number of anilines is 1. The summed E-state index contributed by atoms with van der Waals surface area (Å²) in [6.45, 7) is 5.63. The van der Waals surface area contributed by atoms with Gasteiger partial charge in [0.05, 0.1) is 4.90 Å². The van der Waals surface area contributed by atoms with E-state index in [2.05, 4.69) is 9.71 Å². The van der Waals surface area contributed by atoms with Crippen LogP contribution in [0.2, 0.25) is 0 Å². The van der Waals surface area contributed by atoms with Gasteiger partial charge in [-0.25, -0.2) is 13.1 Å². The minimum Gasteiger partial charge on any atom is -0.399 e. The van der Waals surface area contributed by atoms with Crippen LogP contribution in [0.5, 0.6) is 0 Å². The van der Waals surface area contributed by atoms with Crippen LogP contribution < -0.4 is 10.5 Å². The van der Waals surface area contributed by atoms with E-state index in [-0.39, 0.29) is 6.54 Å². The first-order valence-electron chi connectivity index (χ1n) is 6.57. The molecule has 6 heteroatoms. The second kappa shape index (κ2) is 5.83. The van der Waals surface area contributed by atoms with E-state index < -0.39 is 10.0 Å². The Morgan fingerprint density at radius 1 is 1.14 bits per heavy atom. The molecular weight excluding hydrogens is 286 g/mol. The maximum absolute atomic E-state index is 12.5. The van der Waals surface area contributed by atoms with E-state index in [9.17, 15) is 8.42 Å². The monoisotopic (exact) mass is 305 g/mol. The summed E-state index contributed by atoms with van der Waals surface area (Å²) in [5.74, 6) is 0. The quantitative estimate of drug-likeness (QED) is 0.847. The van der Waals surface area contributed by atoms with Gasteiger partial charge in [-0.15, -0.1) is 0 Å². The van der Waals surface area contributed by atoms with Crippen molar-refractivity contribution in [2.24, 2.45) is 0 Å². The molecule has 0 bridgehead atoms. The van der Waals surface area contributed by atoms with Crippen molar-refractivity contribution >= 4 is 15.7 Å². The third kappa shape index (κ3) is 3.40. The zero-order chi connectivity index (χ0) is 15.6. The molecule has 1 heterocycles. The Morgan fingerprint density at radius 2 is 1.76 bits per heavy atom. The smallest absolute Gasteiger partial charge is 0.241 e. The first kappa shape index (κ1) is 15.5. The van der Waals surface area contributed by atoms with E-state index in [0.29, 0.717) is 21.7 Å². The van der Waals surface area contributed by atoms with Crippen LogP contribution in [-0.4, -0.2) is 13.4 Å². The summed E-state index contributed by atoms with van der Waals surface area (Å²) in [5.41, 5.74) is 9.44. The minimum absolute atomic E-state index is 0.236. The highest BCUT2D eigenvalue weighted by atomic mass is 32.2. The van der Waals surface area contributed by atoms with E-state index in [1.165, 1.54) is 0 Å². The topological polar surface area (TPSA) is 85.1 Å². The molecule has 0 amide bonds. The zero-order valence-electron chi connectivity index (χ0n) is 12.3. The predicted octanol–water partition coefficient (Wildman–Crippen LogP) is 2.07. The van der Waals surface area contributed by atoms with Gasteiger partial charge in [-0.2, -0.15) is 0 Å². The average molecular weight is 305 g/mol. The van der Waals surface area contributed by atoms with Gasteiger partial charge in [0.1, 0.15) is 0 Å². The first-order valence-corrected chi connectivity index (χ1v) is 8.05. The number of rotatable bonds is 4.